The fourth-order valence-corrected chi connectivity index (χ4v) is 3.33. The highest BCUT2D eigenvalue weighted by molar-refractivity contribution is 5.89. The normalized spacial score (nSPS) is 15.8. The smallest absolute Gasteiger partial charge is 0.383 e. The van der Waals surface area contributed by atoms with Crippen molar-refractivity contribution in [2.24, 2.45) is 0 Å². The van der Waals surface area contributed by atoms with Crippen molar-refractivity contribution >= 4 is 11.7 Å². The third-order valence-electron chi connectivity index (χ3n) is 4.97. The van der Waals surface area contributed by atoms with E-state index in [1.807, 2.05) is 0 Å². The number of rotatable bonds is 6. The molecule has 3 rings (SSSR count). The van der Waals surface area contributed by atoms with Crippen LogP contribution in [-0.2, 0) is 24.0 Å². The molecule has 1 fully saturated rings. The number of amides is 2. The van der Waals surface area contributed by atoms with Crippen LogP contribution >= 0.6 is 0 Å². The number of nitrogens with one attached hydrogen (secondary N) is 1. The molecule has 0 aliphatic carbocycles. The van der Waals surface area contributed by atoms with Crippen LogP contribution in [0.25, 0.3) is 0 Å². The molecule has 2 heterocycles. The number of alkyl halides is 3. The van der Waals surface area contributed by atoms with Crippen molar-refractivity contribution in [2.75, 3.05) is 45.2 Å². The molecule has 1 aromatic carbocycles. The van der Waals surface area contributed by atoms with Crippen molar-refractivity contribution < 1.29 is 22.7 Å². The van der Waals surface area contributed by atoms with Crippen molar-refractivity contribution in [1.29, 1.82) is 0 Å². The molecule has 1 aliphatic rings. The molecule has 2 aromatic rings. The standard InChI is InChI=1S/C20H26F3N5O2/c1-30-12-11-28-15-18(13-24-28)25-19(29)27-8-2-7-26(9-10-27)14-16-3-5-17(6-4-16)20(21,22)23/h3-6,13,15H,2,7-12,14H2,1H3,(H,25,29). The van der Waals surface area contributed by atoms with E-state index in [2.05, 4.69) is 15.3 Å². The van der Waals surface area contributed by atoms with E-state index in [1.165, 1.54) is 12.1 Å². The summed E-state index contributed by atoms with van der Waals surface area (Å²) in [5.41, 5.74) is 0.807. The lowest BCUT2D eigenvalue weighted by atomic mass is 10.1. The molecule has 1 N–H and O–H groups in total. The number of halogens is 3. The van der Waals surface area contributed by atoms with Gasteiger partial charge in [-0.05, 0) is 24.1 Å². The molecule has 1 saturated heterocycles. The first-order chi connectivity index (χ1) is 14.3. The molecule has 0 bridgehead atoms. The molecule has 0 spiro atoms. The van der Waals surface area contributed by atoms with E-state index in [0.717, 1.165) is 30.7 Å². The molecule has 30 heavy (non-hydrogen) atoms. The van der Waals surface area contributed by atoms with E-state index in [4.69, 9.17) is 4.74 Å². The summed E-state index contributed by atoms with van der Waals surface area (Å²) in [4.78, 5) is 16.5. The number of nitrogens with zero attached hydrogens (tertiary/aromatic N) is 4. The quantitative estimate of drug-likeness (QED) is 0.772. The zero-order chi connectivity index (χ0) is 21.6. The first kappa shape index (κ1) is 22.1. The molecule has 0 saturated carbocycles. The Balaban J connectivity index is 1.49. The Morgan fingerprint density at radius 3 is 2.63 bits per heavy atom. The molecule has 1 aromatic heterocycles. The summed E-state index contributed by atoms with van der Waals surface area (Å²) in [5.74, 6) is 0. The second-order valence-electron chi connectivity index (χ2n) is 7.23. The number of hydrogen-bond acceptors (Lipinski definition) is 4. The average Bonchev–Trinajstić information content (AvgIpc) is 3.01. The lowest BCUT2D eigenvalue weighted by Gasteiger charge is -2.22. The third kappa shape index (κ3) is 6.20. The highest BCUT2D eigenvalue weighted by Gasteiger charge is 2.30. The van der Waals surface area contributed by atoms with Gasteiger partial charge < -0.3 is 15.0 Å². The van der Waals surface area contributed by atoms with Gasteiger partial charge in [0.2, 0.25) is 0 Å². The van der Waals surface area contributed by atoms with Crippen molar-refractivity contribution in [3.63, 3.8) is 0 Å². The molecule has 10 heteroatoms. The van der Waals surface area contributed by atoms with Gasteiger partial charge in [0, 0.05) is 46.0 Å². The fourth-order valence-electron chi connectivity index (χ4n) is 3.33. The lowest BCUT2D eigenvalue weighted by Crippen LogP contribution is -2.37. The molecule has 0 radical (unpaired) electrons. The second-order valence-corrected chi connectivity index (χ2v) is 7.23. The third-order valence-corrected chi connectivity index (χ3v) is 4.97. The van der Waals surface area contributed by atoms with Crippen molar-refractivity contribution in [3.8, 4) is 0 Å². The van der Waals surface area contributed by atoms with E-state index in [-0.39, 0.29) is 6.03 Å². The number of carbonyl (C=O) groups excluding carboxylic acids is 1. The highest BCUT2D eigenvalue weighted by Crippen LogP contribution is 2.29. The summed E-state index contributed by atoms with van der Waals surface area (Å²) >= 11 is 0. The highest BCUT2D eigenvalue weighted by atomic mass is 19.4. The fraction of sp³-hybridized carbons (Fsp3) is 0.500. The van der Waals surface area contributed by atoms with Crippen LogP contribution in [0.5, 0.6) is 0 Å². The van der Waals surface area contributed by atoms with Gasteiger partial charge in [-0.3, -0.25) is 9.58 Å². The van der Waals surface area contributed by atoms with Gasteiger partial charge in [0.25, 0.3) is 0 Å². The van der Waals surface area contributed by atoms with Crippen LogP contribution in [0.15, 0.2) is 36.7 Å². The maximum Gasteiger partial charge on any atom is 0.416 e. The first-order valence-electron chi connectivity index (χ1n) is 9.81. The number of anilines is 1. The van der Waals surface area contributed by atoms with Gasteiger partial charge in [0.1, 0.15) is 0 Å². The molecular weight excluding hydrogens is 399 g/mol. The number of aromatic nitrogens is 2. The Labute approximate surface area is 173 Å². The van der Waals surface area contributed by atoms with Gasteiger partial charge in [-0.15, -0.1) is 0 Å². The lowest BCUT2D eigenvalue weighted by molar-refractivity contribution is -0.137. The molecule has 7 nitrogen and oxygen atoms in total. The summed E-state index contributed by atoms with van der Waals surface area (Å²) in [7, 11) is 1.62. The average molecular weight is 425 g/mol. The van der Waals surface area contributed by atoms with Crippen LogP contribution in [0.1, 0.15) is 17.5 Å². The van der Waals surface area contributed by atoms with E-state index >= 15 is 0 Å². The topological polar surface area (TPSA) is 62.6 Å². The minimum absolute atomic E-state index is 0.183. The van der Waals surface area contributed by atoms with Crippen LogP contribution in [0, 0.1) is 0 Å². The van der Waals surface area contributed by atoms with Crippen molar-refractivity contribution in [2.45, 2.75) is 25.7 Å². The predicted octanol–water partition coefficient (Wildman–Crippen LogP) is 3.29. The molecule has 0 unspecified atom stereocenters. The van der Waals surface area contributed by atoms with E-state index in [1.54, 1.807) is 29.1 Å². The molecule has 2 amide bonds. The zero-order valence-electron chi connectivity index (χ0n) is 16.9. The molecular formula is C20H26F3N5O2. The van der Waals surface area contributed by atoms with E-state index < -0.39 is 11.7 Å². The van der Waals surface area contributed by atoms with Gasteiger partial charge in [-0.1, -0.05) is 12.1 Å². The maximum absolute atomic E-state index is 12.7. The Kier molecular flexibility index (Phi) is 7.33. The van der Waals surface area contributed by atoms with Crippen LogP contribution in [-0.4, -0.2) is 65.5 Å². The number of ether oxygens (including phenoxy) is 1. The number of urea groups is 1. The van der Waals surface area contributed by atoms with Gasteiger partial charge in [0.15, 0.2) is 0 Å². The van der Waals surface area contributed by atoms with E-state index in [9.17, 15) is 18.0 Å². The van der Waals surface area contributed by atoms with Crippen LogP contribution in [0.2, 0.25) is 0 Å². The minimum Gasteiger partial charge on any atom is -0.383 e. The Morgan fingerprint density at radius 1 is 1.17 bits per heavy atom. The van der Waals surface area contributed by atoms with Gasteiger partial charge in [0.05, 0.1) is 30.6 Å². The van der Waals surface area contributed by atoms with Crippen molar-refractivity contribution in [1.82, 2.24) is 19.6 Å². The maximum atomic E-state index is 12.7. The Morgan fingerprint density at radius 2 is 1.93 bits per heavy atom. The summed E-state index contributed by atoms with van der Waals surface area (Å²) in [6, 6.07) is 5.07. The Hall–Kier alpha value is -2.59. The number of benzene rings is 1. The zero-order valence-corrected chi connectivity index (χ0v) is 16.9. The summed E-state index contributed by atoms with van der Waals surface area (Å²) in [6.45, 7) is 4.30. The predicted molar refractivity (Wildman–Crippen MR) is 106 cm³/mol. The van der Waals surface area contributed by atoms with Crippen LogP contribution in [0.4, 0.5) is 23.7 Å². The van der Waals surface area contributed by atoms with Crippen LogP contribution in [0.3, 0.4) is 0 Å². The summed E-state index contributed by atoms with van der Waals surface area (Å²) < 4.78 is 44.8. The van der Waals surface area contributed by atoms with E-state index in [0.29, 0.717) is 45.0 Å². The van der Waals surface area contributed by atoms with Gasteiger partial charge >= 0.3 is 12.2 Å². The Bertz CT molecular complexity index is 823. The first-order valence-corrected chi connectivity index (χ1v) is 9.81. The summed E-state index contributed by atoms with van der Waals surface area (Å²) in [5, 5.41) is 7.03. The molecule has 164 valence electrons. The monoisotopic (exact) mass is 425 g/mol. The summed E-state index contributed by atoms with van der Waals surface area (Å²) in [6.07, 6.45) is -0.176. The number of hydrogen-bond donors (Lipinski definition) is 1. The second kappa shape index (κ2) is 9.94. The van der Waals surface area contributed by atoms with Gasteiger partial charge in [-0.2, -0.15) is 18.3 Å². The van der Waals surface area contributed by atoms with Crippen LogP contribution < -0.4 is 5.32 Å². The largest absolute Gasteiger partial charge is 0.416 e. The molecule has 0 atom stereocenters. The van der Waals surface area contributed by atoms with Gasteiger partial charge in [-0.25, -0.2) is 4.79 Å². The van der Waals surface area contributed by atoms with Crippen molar-refractivity contribution in [3.05, 3.63) is 47.8 Å². The number of methoxy groups -OCH3 is 1. The SMILES string of the molecule is COCCn1cc(NC(=O)N2CCCN(Cc3ccc(C(F)(F)F)cc3)CC2)cn1. The number of carbonyl (C=O) groups is 1. The minimum atomic E-state index is -4.32. The molecule has 1 aliphatic heterocycles.